The zero-order valence-corrected chi connectivity index (χ0v) is 13.2. The summed E-state index contributed by atoms with van der Waals surface area (Å²) >= 11 is 0. The first-order valence-electron chi connectivity index (χ1n) is 7.26. The zero-order valence-electron chi connectivity index (χ0n) is 13.2. The van der Waals surface area contributed by atoms with E-state index < -0.39 is 0 Å². The first-order chi connectivity index (χ1) is 11.7. The molecule has 0 amide bonds. The van der Waals surface area contributed by atoms with Gasteiger partial charge in [-0.1, -0.05) is 23.1 Å². The number of nitrogens with zero attached hydrogens (tertiary/aromatic N) is 3. The van der Waals surface area contributed by atoms with Crippen LogP contribution >= 0.6 is 0 Å². The summed E-state index contributed by atoms with van der Waals surface area (Å²) < 4.78 is 23.4. The highest BCUT2D eigenvalue weighted by molar-refractivity contribution is 5.50. The van der Waals surface area contributed by atoms with E-state index in [1.54, 1.807) is 37.6 Å². The van der Waals surface area contributed by atoms with Gasteiger partial charge < -0.3 is 9.26 Å². The highest BCUT2D eigenvalue weighted by atomic mass is 19.1. The Morgan fingerprint density at radius 1 is 1.17 bits per heavy atom. The summed E-state index contributed by atoms with van der Waals surface area (Å²) in [6.07, 6.45) is 1.33. The molecule has 5 nitrogen and oxygen atoms in total. The lowest BCUT2D eigenvalue weighted by molar-refractivity contribution is 0.0886. The lowest BCUT2D eigenvalue weighted by Crippen LogP contribution is -1.95. The molecule has 2 heterocycles. The molecule has 24 heavy (non-hydrogen) atoms. The van der Waals surface area contributed by atoms with Gasteiger partial charge in [0.25, 0.3) is 5.89 Å². The normalized spacial score (nSPS) is 11.6. The smallest absolute Gasteiger partial charge is 0.255 e. The van der Waals surface area contributed by atoms with E-state index >= 15 is 0 Å². The molecule has 2 aromatic heterocycles. The number of hydrogen-bond acceptors (Lipinski definition) is 5. The standard InChI is InChI=1S/C18H14FN3O2/c1-12(23-2)18-21-17(22-24-18)16-9-8-14(11-20-16)7-6-13-4-3-5-15(19)10-13/h3-5,8-12H,1-2H3. The summed E-state index contributed by atoms with van der Waals surface area (Å²) in [6, 6.07) is 9.68. The lowest BCUT2D eigenvalue weighted by atomic mass is 10.2. The van der Waals surface area contributed by atoms with E-state index in [9.17, 15) is 4.39 Å². The Morgan fingerprint density at radius 3 is 2.71 bits per heavy atom. The number of methoxy groups -OCH3 is 1. The zero-order chi connectivity index (χ0) is 16.9. The van der Waals surface area contributed by atoms with E-state index in [4.69, 9.17) is 9.26 Å². The maximum absolute atomic E-state index is 13.1. The van der Waals surface area contributed by atoms with Gasteiger partial charge in [-0.25, -0.2) is 4.39 Å². The summed E-state index contributed by atoms with van der Waals surface area (Å²) in [6.45, 7) is 1.82. The highest BCUT2D eigenvalue weighted by Gasteiger charge is 2.14. The van der Waals surface area contributed by atoms with Crippen LogP contribution < -0.4 is 0 Å². The van der Waals surface area contributed by atoms with Gasteiger partial charge in [0, 0.05) is 24.4 Å². The van der Waals surface area contributed by atoms with Crippen molar-refractivity contribution in [2.24, 2.45) is 0 Å². The van der Waals surface area contributed by atoms with Crippen molar-refractivity contribution in [2.45, 2.75) is 13.0 Å². The second kappa shape index (κ2) is 7.02. The minimum atomic E-state index is -0.312. The molecule has 0 aliphatic heterocycles. The fourth-order valence-corrected chi connectivity index (χ4v) is 1.92. The second-order valence-electron chi connectivity index (χ2n) is 5.03. The predicted octanol–water partition coefficient (Wildman–Crippen LogP) is 3.38. The summed E-state index contributed by atoms with van der Waals surface area (Å²) in [4.78, 5) is 8.52. The molecule has 1 atom stereocenters. The van der Waals surface area contributed by atoms with Crippen LogP contribution in [0, 0.1) is 17.7 Å². The van der Waals surface area contributed by atoms with Crippen LogP contribution in [0.5, 0.6) is 0 Å². The average molecular weight is 323 g/mol. The van der Waals surface area contributed by atoms with Crippen LogP contribution in [0.4, 0.5) is 4.39 Å². The van der Waals surface area contributed by atoms with Crippen LogP contribution in [0.2, 0.25) is 0 Å². The third kappa shape index (κ3) is 3.65. The monoisotopic (exact) mass is 323 g/mol. The summed E-state index contributed by atoms with van der Waals surface area (Å²) in [7, 11) is 1.57. The van der Waals surface area contributed by atoms with E-state index in [-0.39, 0.29) is 11.9 Å². The van der Waals surface area contributed by atoms with Gasteiger partial charge in [0.05, 0.1) is 0 Å². The van der Waals surface area contributed by atoms with Crippen LogP contribution in [-0.2, 0) is 4.74 Å². The Balaban J connectivity index is 1.78. The van der Waals surface area contributed by atoms with E-state index in [0.717, 1.165) is 0 Å². The fraction of sp³-hybridized carbons (Fsp3) is 0.167. The molecule has 1 unspecified atom stereocenters. The third-order valence-electron chi connectivity index (χ3n) is 3.31. The van der Waals surface area contributed by atoms with Crippen molar-refractivity contribution in [2.75, 3.05) is 7.11 Å². The van der Waals surface area contributed by atoms with E-state index in [1.807, 2.05) is 6.92 Å². The Bertz CT molecular complexity index is 894. The number of rotatable bonds is 3. The second-order valence-corrected chi connectivity index (χ2v) is 5.03. The highest BCUT2D eigenvalue weighted by Crippen LogP contribution is 2.18. The molecule has 0 bridgehead atoms. The van der Waals surface area contributed by atoms with Gasteiger partial charge in [0.15, 0.2) is 0 Å². The molecule has 0 saturated carbocycles. The molecular formula is C18H14FN3O2. The molecule has 3 aromatic rings. The average Bonchev–Trinajstić information content (AvgIpc) is 3.10. The molecule has 0 radical (unpaired) electrons. The first-order valence-corrected chi connectivity index (χ1v) is 7.26. The quantitative estimate of drug-likeness (QED) is 0.692. The number of hydrogen-bond donors (Lipinski definition) is 0. The first kappa shape index (κ1) is 15.8. The molecule has 0 spiro atoms. The summed E-state index contributed by atoms with van der Waals surface area (Å²) in [5.41, 5.74) is 1.89. The van der Waals surface area contributed by atoms with Crippen molar-refractivity contribution >= 4 is 0 Å². The van der Waals surface area contributed by atoms with Crippen LogP contribution in [0.25, 0.3) is 11.5 Å². The molecule has 0 N–H and O–H groups in total. The van der Waals surface area contributed by atoms with Crippen molar-refractivity contribution in [1.82, 2.24) is 15.1 Å². The number of ether oxygens (including phenoxy) is 1. The van der Waals surface area contributed by atoms with Crippen molar-refractivity contribution < 1.29 is 13.7 Å². The maximum atomic E-state index is 13.1. The summed E-state index contributed by atoms with van der Waals surface area (Å²) in [5.74, 6) is 6.30. The van der Waals surface area contributed by atoms with Crippen LogP contribution in [0.3, 0.4) is 0 Å². The minimum absolute atomic E-state index is 0.275. The Hall–Kier alpha value is -3.04. The summed E-state index contributed by atoms with van der Waals surface area (Å²) in [5, 5.41) is 3.88. The number of halogens is 1. The van der Waals surface area contributed by atoms with Gasteiger partial charge >= 0.3 is 0 Å². The van der Waals surface area contributed by atoms with E-state index in [0.29, 0.717) is 28.5 Å². The topological polar surface area (TPSA) is 61.0 Å². The number of benzene rings is 1. The molecule has 0 saturated heterocycles. The predicted molar refractivity (Wildman–Crippen MR) is 85.3 cm³/mol. The Labute approximate surface area is 138 Å². The molecule has 0 fully saturated rings. The molecule has 6 heteroatoms. The van der Waals surface area contributed by atoms with Crippen molar-refractivity contribution in [3.8, 4) is 23.4 Å². The fourth-order valence-electron chi connectivity index (χ4n) is 1.92. The van der Waals surface area contributed by atoms with Crippen LogP contribution in [0.15, 0.2) is 47.1 Å². The van der Waals surface area contributed by atoms with Gasteiger partial charge in [-0.2, -0.15) is 4.98 Å². The van der Waals surface area contributed by atoms with Gasteiger partial charge in [-0.05, 0) is 37.3 Å². The molecular weight excluding hydrogens is 309 g/mol. The van der Waals surface area contributed by atoms with Crippen molar-refractivity contribution in [1.29, 1.82) is 0 Å². The van der Waals surface area contributed by atoms with Crippen LogP contribution in [-0.4, -0.2) is 22.2 Å². The van der Waals surface area contributed by atoms with E-state index in [1.165, 1.54) is 12.1 Å². The molecule has 0 aliphatic carbocycles. The lowest BCUT2D eigenvalue weighted by Gasteiger charge is -2.00. The van der Waals surface area contributed by atoms with Gasteiger partial charge in [-0.15, -0.1) is 0 Å². The minimum Gasteiger partial charge on any atom is -0.372 e. The molecule has 3 rings (SSSR count). The molecule has 1 aromatic carbocycles. The van der Waals surface area contributed by atoms with Gasteiger partial charge in [-0.3, -0.25) is 4.98 Å². The van der Waals surface area contributed by atoms with Crippen molar-refractivity contribution in [3.63, 3.8) is 0 Å². The Kier molecular flexibility index (Phi) is 4.64. The van der Waals surface area contributed by atoms with Gasteiger partial charge in [0.1, 0.15) is 17.6 Å². The van der Waals surface area contributed by atoms with Crippen LogP contribution in [0.1, 0.15) is 30.0 Å². The number of pyridine rings is 1. The maximum Gasteiger partial charge on any atom is 0.255 e. The van der Waals surface area contributed by atoms with E-state index in [2.05, 4.69) is 27.0 Å². The third-order valence-corrected chi connectivity index (χ3v) is 3.31. The van der Waals surface area contributed by atoms with Gasteiger partial charge in [0.2, 0.25) is 5.82 Å². The SMILES string of the molecule is COC(C)c1nc(-c2ccc(C#Cc3cccc(F)c3)cn2)no1. The molecule has 120 valence electrons. The largest absolute Gasteiger partial charge is 0.372 e. The Morgan fingerprint density at radius 2 is 2.00 bits per heavy atom. The van der Waals surface area contributed by atoms with Crippen molar-refractivity contribution in [3.05, 3.63) is 65.4 Å². The number of aromatic nitrogens is 3. The molecule has 0 aliphatic rings.